The van der Waals surface area contributed by atoms with Gasteiger partial charge in [-0.3, -0.25) is 9.59 Å². The summed E-state index contributed by atoms with van der Waals surface area (Å²) in [5.41, 5.74) is 2.88. The highest BCUT2D eigenvalue weighted by atomic mass is 16.5. The molecule has 3 rings (SSSR count). The van der Waals surface area contributed by atoms with Gasteiger partial charge in [0, 0.05) is 24.3 Å². The molecule has 2 aromatic carbocycles. The molecule has 0 spiro atoms. The molecular formula is C23H26N2O4. The van der Waals surface area contributed by atoms with Gasteiger partial charge in [0.25, 0.3) is 0 Å². The van der Waals surface area contributed by atoms with Gasteiger partial charge in [0.15, 0.2) is 0 Å². The van der Waals surface area contributed by atoms with E-state index in [1.165, 1.54) is 0 Å². The van der Waals surface area contributed by atoms with Crippen molar-refractivity contribution >= 4 is 29.2 Å². The van der Waals surface area contributed by atoms with Gasteiger partial charge in [-0.15, -0.1) is 0 Å². The van der Waals surface area contributed by atoms with E-state index in [1.54, 1.807) is 29.2 Å². The highest BCUT2D eigenvalue weighted by Gasteiger charge is 2.35. The van der Waals surface area contributed by atoms with Gasteiger partial charge >= 0.3 is 5.97 Å². The largest absolute Gasteiger partial charge is 0.462 e. The number of amides is 2. The Balaban J connectivity index is 1.58. The molecule has 1 heterocycles. The molecule has 0 saturated carbocycles. The Morgan fingerprint density at radius 3 is 2.55 bits per heavy atom. The predicted octanol–water partition coefficient (Wildman–Crippen LogP) is 3.94. The zero-order valence-electron chi connectivity index (χ0n) is 16.8. The van der Waals surface area contributed by atoms with Gasteiger partial charge in [-0.05, 0) is 49.2 Å². The summed E-state index contributed by atoms with van der Waals surface area (Å²) in [5, 5.41) is 2.84. The van der Waals surface area contributed by atoms with Gasteiger partial charge in [-0.25, -0.2) is 4.79 Å². The molecule has 29 heavy (non-hydrogen) atoms. The lowest BCUT2D eigenvalue weighted by atomic mass is 10.1. The molecule has 6 heteroatoms. The smallest absolute Gasteiger partial charge is 0.338 e. The molecule has 2 aromatic rings. The summed E-state index contributed by atoms with van der Waals surface area (Å²) in [7, 11) is 0. The van der Waals surface area contributed by atoms with Gasteiger partial charge in [0.2, 0.25) is 11.8 Å². The SMILES string of the molecule is CCCCOC(=O)c1ccc(NC(=O)[C@H]2CC(=O)N(c3ccccc3C)C2)cc1. The summed E-state index contributed by atoms with van der Waals surface area (Å²) in [6.45, 7) is 4.74. The van der Waals surface area contributed by atoms with E-state index in [4.69, 9.17) is 4.74 Å². The van der Waals surface area contributed by atoms with Gasteiger partial charge in [-0.1, -0.05) is 31.5 Å². The van der Waals surface area contributed by atoms with Crippen molar-refractivity contribution < 1.29 is 19.1 Å². The van der Waals surface area contributed by atoms with Crippen LogP contribution < -0.4 is 10.2 Å². The van der Waals surface area contributed by atoms with Crippen LogP contribution in [0.2, 0.25) is 0 Å². The van der Waals surface area contributed by atoms with Crippen molar-refractivity contribution in [2.45, 2.75) is 33.1 Å². The van der Waals surface area contributed by atoms with Crippen molar-refractivity contribution in [3.63, 3.8) is 0 Å². The Kier molecular flexibility index (Phi) is 6.65. The quantitative estimate of drug-likeness (QED) is 0.570. The monoisotopic (exact) mass is 394 g/mol. The minimum atomic E-state index is -0.416. The second kappa shape index (κ2) is 9.37. The molecule has 1 atom stereocenters. The number of aryl methyl sites for hydroxylation is 1. The number of unbranched alkanes of at least 4 members (excludes halogenated alkanes) is 1. The summed E-state index contributed by atoms with van der Waals surface area (Å²) in [5.74, 6) is -1.04. The van der Waals surface area contributed by atoms with Crippen molar-refractivity contribution in [1.82, 2.24) is 0 Å². The zero-order valence-corrected chi connectivity index (χ0v) is 16.8. The van der Waals surface area contributed by atoms with Crippen molar-refractivity contribution in [2.24, 2.45) is 5.92 Å². The number of hydrogen-bond acceptors (Lipinski definition) is 4. The Morgan fingerprint density at radius 2 is 1.86 bits per heavy atom. The van der Waals surface area contributed by atoms with Crippen LogP contribution in [-0.4, -0.2) is 30.9 Å². The van der Waals surface area contributed by atoms with E-state index < -0.39 is 5.92 Å². The first-order valence-corrected chi connectivity index (χ1v) is 9.93. The number of nitrogens with zero attached hydrogens (tertiary/aromatic N) is 1. The van der Waals surface area contributed by atoms with E-state index in [-0.39, 0.29) is 24.2 Å². The minimum absolute atomic E-state index is 0.0513. The van der Waals surface area contributed by atoms with Crippen LogP contribution in [0.15, 0.2) is 48.5 Å². The molecular weight excluding hydrogens is 368 g/mol. The molecule has 0 bridgehead atoms. The highest BCUT2D eigenvalue weighted by molar-refractivity contribution is 6.04. The third-order valence-electron chi connectivity index (χ3n) is 5.02. The number of carbonyl (C=O) groups is 3. The fourth-order valence-electron chi connectivity index (χ4n) is 3.31. The summed E-state index contributed by atoms with van der Waals surface area (Å²) in [4.78, 5) is 38.7. The number of nitrogens with one attached hydrogen (secondary N) is 1. The van der Waals surface area contributed by atoms with Crippen LogP contribution in [0.3, 0.4) is 0 Å². The zero-order chi connectivity index (χ0) is 20.8. The maximum absolute atomic E-state index is 12.6. The first kappa shape index (κ1) is 20.6. The number of anilines is 2. The second-order valence-corrected chi connectivity index (χ2v) is 7.25. The van der Waals surface area contributed by atoms with E-state index >= 15 is 0 Å². The Labute approximate surface area is 170 Å². The number of benzene rings is 2. The average molecular weight is 394 g/mol. The normalized spacial score (nSPS) is 16.0. The van der Waals surface area contributed by atoms with E-state index in [1.807, 2.05) is 38.1 Å². The Bertz CT molecular complexity index is 892. The molecule has 1 N–H and O–H groups in total. The Hall–Kier alpha value is -3.15. The summed E-state index contributed by atoms with van der Waals surface area (Å²) in [6.07, 6.45) is 1.98. The molecule has 152 valence electrons. The highest BCUT2D eigenvalue weighted by Crippen LogP contribution is 2.28. The number of para-hydroxylation sites is 1. The third kappa shape index (κ3) is 5.02. The summed E-state index contributed by atoms with van der Waals surface area (Å²) >= 11 is 0. The van der Waals surface area contributed by atoms with Crippen molar-refractivity contribution in [2.75, 3.05) is 23.4 Å². The lowest BCUT2D eigenvalue weighted by molar-refractivity contribution is -0.122. The first-order valence-electron chi connectivity index (χ1n) is 9.93. The number of hydrogen-bond donors (Lipinski definition) is 1. The standard InChI is InChI=1S/C23H26N2O4/c1-3-4-13-29-23(28)17-9-11-19(12-10-17)24-22(27)18-14-21(26)25(15-18)20-8-6-5-7-16(20)2/h5-12,18H,3-4,13-15H2,1-2H3,(H,24,27)/t18-/m0/s1. The fraction of sp³-hybridized carbons (Fsp3) is 0.348. The number of rotatable bonds is 7. The van der Waals surface area contributed by atoms with Crippen LogP contribution in [0.4, 0.5) is 11.4 Å². The average Bonchev–Trinajstić information content (AvgIpc) is 3.10. The van der Waals surface area contributed by atoms with E-state index in [9.17, 15) is 14.4 Å². The van der Waals surface area contributed by atoms with E-state index in [2.05, 4.69) is 5.32 Å². The molecule has 0 aliphatic carbocycles. The van der Waals surface area contributed by atoms with E-state index in [0.717, 1.165) is 24.1 Å². The molecule has 1 aliphatic rings. The van der Waals surface area contributed by atoms with Crippen molar-refractivity contribution in [3.8, 4) is 0 Å². The summed E-state index contributed by atoms with van der Waals surface area (Å²) < 4.78 is 5.18. The van der Waals surface area contributed by atoms with Gasteiger partial charge in [0.05, 0.1) is 18.1 Å². The van der Waals surface area contributed by atoms with Crippen LogP contribution in [0.25, 0.3) is 0 Å². The Morgan fingerprint density at radius 1 is 1.14 bits per heavy atom. The molecule has 0 radical (unpaired) electrons. The van der Waals surface area contributed by atoms with Crippen LogP contribution in [0.5, 0.6) is 0 Å². The van der Waals surface area contributed by atoms with Crippen LogP contribution in [0.1, 0.15) is 42.1 Å². The fourth-order valence-corrected chi connectivity index (χ4v) is 3.31. The molecule has 1 fully saturated rings. The molecule has 6 nitrogen and oxygen atoms in total. The number of ether oxygens (including phenoxy) is 1. The molecule has 0 unspecified atom stereocenters. The van der Waals surface area contributed by atoms with E-state index in [0.29, 0.717) is 24.4 Å². The predicted molar refractivity (Wildman–Crippen MR) is 112 cm³/mol. The van der Waals surface area contributed by atoms with Gasteiger partial charge in [0.1, 0.15) is 0 Å². The third-order valence-corrected chi connectivity index (χ3v) is 5.02. The van der Waals surface area contributed by atoms with Crippen molar-refractivity contribution in [1.29, 1.82) is 0 Å². The van der Waals surface area contributed by atoms with Crippen LogP contribution in [-0.2, 0) is 14.3 Å². The van der Waals surface area contributed by atoms with Crippen LogP contribution in [0, 0.1) is 12.8 Å². The van der Waals surface area contributed by atoms with Crippen molar-refractivity contribution in [3.05, 3.63) is 59.7 Å². The second-order valence-electron chi connectivity index (χ2n) is 7.25. The summed E-state index contributed by atoms with van der Waals surface area (Å²) in [6, 6.07) is 14.3. The first-order chi connectivity index (χ1) is 14.0. The maximum Gasteiger partial charge on any atom is 0.338 e. The minimum Gasteiger partial charge on any atom is -0.462 e. The molecule has 1 saturated heterocycles. The molecule has 0 aromatic heterocycles. The lowest BCUT2D eigenvalue weighted by Crippen LogP contribution is -2.28. The lowest BCUT2D eigenvalue weighted by Gasteiger charge is -2.19. The van der Waals surface area contributed by atoms with Gasteiger partial charge < -0.3 is 15.0 Å². The topological polar surface area (TPSA) is 75.7 Å². The maximum atomic E-state index is 12.6. The number of carbonyl (C=O) groups excluding carboxylic acids is 3. The molecule has 2 amide bonds. The van der Waals surface area contributed by atoms with Crippen LogP contribution >= 0.6 is 0 Å². The van der Waals surface area contributed by atoms with Gasteiger partial charge in [-0.2, -0.15) is 0 Å². The molecule has 1 aliphatic heterocycles. The number of esters is 1.